The van der Waals surface area contributed by atoms with Crippen molar-refractivity contribution in [2.45, 2.75) is 57.4 Å². The van der Waals surface area contributed by atoms with Crippen molar-refractivity contribution < 1.29 is 9.90 Å². The van der Waals surface area contributed by atoms with Gasteiger partial charge in [-0.2, -0.15) is 0 Å². The van der Waals surface area contributed by atoms with Gasteiger partial charge in [-0.1, -0.05) is 43.2 Å². The molecule has 132 valence electrons. The predicted octanol–water partition coefficient (Wildman–Crippen LogP) is 3.87. The van der Waals surface area contributed by atoms with Gasteiger partial charge in [0.05, 0.1) is 6.04 Å². The molecule has 4 heteroatoms. The molecule has 1 heterocycles. The number of likely N-dealkylation sites (tertiary alicyclic amines) is 1. The second kappa shape index (κ2) is 8.02. The fraction of sp³-hybridized carbons (Fsp3) is 0.650. The predicted molar refractivity (Wildman–Crippen MR) is 95.7 cm³/mol. The third-order valence-electron chi connectivity index (χ3n) is 5.93. The highest BCUT2D eigenvalue weighted by Gasteiger charge is 2.38. The number of nitrogens with zero attached hydrogens (tertiary/aromatic N) is 1. The van der Waals surface area contributed by atoms with Crippen LogP contribution in [0.15, 0.2) is 30.3 Å². The molecule has 2 fully saturated rings. The lowest BCUT2D eigenvalue weighted by molar-refractivity contribution is 0.118. The van der Waals surface area contributed by atoms with E-state index >= 15 is 0 Å². The van der Waals surface area contributed by atoms with E-state index in [-0.39, 0.29) is 18.7 Å². The summed E-state index contributed by atoms with van der Waals surface area (Å²) in [6.07, 6.45) is 9.22. The minimum atomic E-state index is -0.0202. The minimum Gasteiger partial charge on any atom is -0.396 e. The lowest BCUT2D eigenvalue weighted by Gasteiger charge is -2.39. The number of carbonyl (C=O) groups excluding carboxylic acids is 1. The van der Waals surface area contributed by atoms with Crippen LogP contribution < -0.4 is 5.32 Å². The summed E-state index contributed by atoms with van der Waals surface area (Å²) in [5, 5.41) is 12.3. The Morgan fingerprint density at radius 3 is 2.42 bits per heavy atom. The smallest absolute Gasteiger partial charge is 0.317 e. The zero-order valence-corrected chi connectivity index (χ0v) is 14.5. The van der Waals surface area contributed by atoms with Crippen molar-refractivity contribution in [1.29, 1.82) is 0 Å². The Bertz CT molecular complexity index is 516. The number of carbonyl (C=O) groups is 1. The minimum absolute atomic E-state index is 0.0202. The summed E-state index contributed by atoms with van der Waals surface area (Å²) in [4.78, 5) is 14.7. The SMILES string of the molecule is O=C(NC(CCCO)c1ccccc1)N1CCC2(CCCC2)CC1. The zero-order valence-electron chi connectivity index (χ0n) is 14.5. The normalized spacial score (nSPS) is 21.0. The van der Waals surface area contributed by atoms with Gasteiger partial charge in [-0.05, 0) is 49.5 Å². The lowest BCUT2D eigenvalue weighted by atomic mass is 9.77. The summed E-state index contributed by atoms with van der Waals surface area (Å²) < 4.78 is 0. The number of piperidine rings is 1. The molecule has 1 aromatic carbocycles. The van der Waals surface area contributed by atoms with Crippen LogP contribution in [0.2, 0.25) is 0 Å². The molecule has 2 amide bonds. The number of aliphatic hydroxyl groups is 1. The average molecular weight is 330 g/mol. The fourth-order valence-electron chi connectivity index (χ4n) is 4.35. The molecule has 2 N–H and O–H groups in total. The molecule has 0 bridgehead atoms. The van der Waals surface area contributed by atoms with E-state index in [1.807, 2.05) is 35.2 Å². The summed E-state index contributed by atoms with van der Waals surface area (Å²) in [6, 6.07) is 10.1. The van der Waals surface area contributed by atoms with E-state index in [0.29, 0.717) is 11.8 Å². The molecule has 2 aliphatic rings. The Kier molecular flexibility index (Phi) is 5.77. The molecule has 0 radical (unpaired) electrons. The topological polar surface area (TPSA) is 52.6 Å². The first-order valence-electron chi connectivity index (χ1n) is 9.44. The van der Waals surface area contributed by atoms with E-state index in [1.54, 1.807) is 0 Å². The van der Waals surface area contributed by atoms with Crippen molar-refractivity contribution in [3.8, 4) is 0 Å². The van der Waals surface area contributed by atoms with Gasteiger partial charge >= 0.3 is 6.03 Å². The molecule has 0 aromatic heterocycles. The maximum atomic E-state index is 12.7. The van der Waals surface area contributed by atoms with Crippen molar-refractivity contribution in [2.24, 2.45) is 5.41 Å². The number of nitrogens with one attached hydrogen (secondary N) is 1. The van der Waals surface area contributed by atoms with Crippen LogP contribution in [0, 0.1) is 5.41 Å². The molecule has 1 aromatic rings. The Hall–Kier alpha value is -1.55. The van der Waals surface area contributed by atoms with E-state index in [2.05, 4.69) is 5.32 Å². The second-order valence-electron chi connectivity index (χ2n) is 7.47. The molecule has 3 rings (SSSR count). The molecular formula is C20H30N2O2. The Balaban J connectivity index is 1.57. The third-order valence-corrected chi connectivity index (χ3v) is 5.93. The number of hydrogen-bond donors (Lipinski definition) is 2. The number of aliphatic hydroxyl groups excluding tert-OH is 1. The number of rotatable bonds is 5. The van der Waals surface area contributed by atoms with Crippen molar-refractivity contribution in [3.05, 3.63) is 35.9 Å². The molecule has 1 spiro atoms. The summed E-state index contributed by atoms with van der Waals surface area (Å²) in [5.74, 6) is 0. The van der Waals surface area contributed by atoms with Gasteiger partial charge in [-0.25, -0.2) is 4.79 Å². The van der Waals surface area contributed by atoms with E-state index in [1.165, 1.54) is 25.7 Å². The van der Waals surface area contributed by atoms with Crippen molar-refractivity contribution in [3.63, 3.8) is 0 Å². The first-order chi connectivity index (χ1) is 11.7. The maximum absolute atomic E-state index is 12.7. The Morgan fingerprint density at radius 1 is 1.12 bits per heavy atom. The average Bonchev–Trinajstić information content (AvgIpc) is 3.08. The summed E-state index contributed by atoms with van der Waals surface area (Å²) in [7, 11) is 0. The van der Waals surface area contributed by atoms with Gasteiger partial charge in [0.25, 0.3) is 0 Å². The molecule has 1 aliphatic carbocycles. The molecule has 1 atom stereocenters. The summed E-state index contributed by atoms with van der Waals surface area (Å²) >= 11 is 0. The van der Waals surface area contributed by atoms with Gasteiger partial charge in [-0.3, -0.25) is 0 Å². The van der Waals surface area contributed by atoms with Crippen LogP contribution in [-0.2, 0) is 0 Å². The van der Waals surface area contributed by atoms with Gasteiger partial charge in [0.1, 0.15) is 0 Å². The van der Waals surface area contributed by atoms with Gasteiger partial charge in [0.15, 0.2) is 0 Å². The van der Waals surface area contributed by atoms with E-state index < -0.39 is 0 Å². The van der Waals surface area contributed by atoms with Crippen LogP contribution >= 0.6 is 0 Å². The van der Waals surface area contributed by atoms with Crippen molar-refractivity contribution in [1.82, 2.24) is 10.2 Å². The van der Waals surface area contributed by atoms with Crippen LogP contribution in [0.1, 0.15) is 63.0 Å². The van der Waals surface area contributed by atoms with Gasteiger partial charge < -0.3 is 15.3 Å². The molecule has 24 heavy (non-hydrogen) atoms. The standard InChI is InChI=1S/C20H30N2O2/c23-16-6-9-18(17-7-2-1-3-8-17)21-19(24)22-14-12-20(13-15-22)10-4-5-11-20/h1-3,7-8,18,23H,4-6,9-16H2,(H,21,24). The summed E-state index contributed by atoms with van der Waals surface area (Å²) in [6.45, 7) is 1.92. The molecule has 1 saturated heterocycles. The number of hydrogen-bond acceptors (Lipinski definition) is 2. The van der Waals surface area contributed by atoms with Crippen LogP contribution in [0.25, 0.3) is 0 Å². The molecular weight excluding hydrogens is 300 g/mol. The van der Waals surface area contributed by atoms with E-state index in [4.69, 9.17) is 5.11 Å². The Labute approximate surface area is 145 Å². The van der Waals surface area contributed by atoms with Gasteiger partial charge in [-0.15, -0.1) is 0 Å². The van der Waals surface area contributed by atoms with Crippen LogP contribution in [0.5, 0.6) is 0 Å². The summed E-state index contributed by atoms with van der Waals surface area (Å²) in [5.41, 5.74) is 1.65. The van der Waals surface area contributed by atoms with Crippen LogP contribution in [-0.4, -0.2) is 35.7 Å². The quantitative estimate of drug-likeness (QED) is 0.861. The van der Waals surface area contributed by atoms with Gasteiger partial charge in [0.2, 0.25) is 0 Å². The highest BCUT2D eigenvalue weighted by atomic mass is 16.3. The third kappa shape index (κ3) is 4.10. The highest BCUT2D eigenvalue weighted by Crippen LogP contribution is 2.46. The van der Waals surface area contributed by atoms with E-state index in [0.717, 1.165) is 37.9 Å². The number of amides is 2. The monoisotopic (exact) mass is 330 g/mol. The zero-order chi connectivity index (χ0) is 16.8. The van der Waals surface area contributed by atoms with Crippen molar-refractivity contribution in [2.75, 3.05) is 19.7 Å². The number of urea groups is 1. The lowest BCUT2D eigenvalue weighted by Crippen LogP contribution is -2.47. The first kappa shape index (κ1) is 17.3. The Morgan fingerprint density at radius 2 is 1.79 bits per heavy atom. The van der Waals surface area contributed by atoms with Crippen LogP contribution in [0.3, 0.4) is 0 Å². The van der Waals surface area contributed by atoms with Crippen LogP contribution in [0.4, 0.5) is 4.79 Å². The molecule has 4 nitrogen and oxygen atoms in total. The fourth-order valence-corrected chi connectivity index (χ4v) is 4.35. The van der Waals surface area contributed by atoms with Gasteiger partial charge in [0, 0.05) is 19.7 Å². The number of benzene rings is 1. The molecule has 1 aliphatic heterocycles. The second-order valence-corrected chi connectivity index (χ2v) is 7.47. The highest BCUT2D eigenvalue weighted by molar-refractivity contribution is 5.74. The first-order valence-corrected chi connectivity index (χ1v) is 9.44. The van der Waals surface area contributed by atoms with E-state index in [9.17, 15) is 4.79 Å². The maximum Gasteiger partial charge on any atom is 0.317 e. The van der Waals surface area contributed by atoms with Crippen molar-refractivity contribution >= 4 is 6.03 Å². The molecule has 1 saturated carbocycles. The largest absolute Gasteiger partial charge is 0.396 e. The molecule has 1 unspecified atom stereocenters.